The Balaban J connectivity index is 1.61. The minimum Gasteiger partial charge on any atom is -0.310 e. The molecule has 0 bridgehead atoms. The van der Waals surface area contributed by atoms with Gasteiger partial charge in [-0.15, -0.1) is 0 Å². The maximum atomic E-state index is 13.2. The van der Waals surface area contributed by atoms with Gasteiger partial charge in [-0.1, -0.05) is 22.9 Å². The van der Waals surface area contributed by atoms with Crippen molar-refractivity contribution in [2.24, 2.45) is 5.92 Å². The van der Waals surface area contributed by atoms with E-state index in [0.29, 0.717) is 25.2 Å². The number of likely N-dealkylation sites (N-methyl/N-ethyl adjacent to an activating group) is 1. The van der Waals surface area contributed by atoms with Crippen LogP contribution in [0.3, 0.4) is 0 Å². The third kappa shape index (κ3) is 3.81. The molecule has 1 saturated heterocycles. The van der Waals surface area contributed by atoms with Crippen molar-refractivity contribution < 1.29 is 13.2 Å². The van der Waals surface area contributed by atoms with Gasteiger partial charge in [0.15, 0.2) is 0 Å². The molecule has 148 valence electrons. The smallest absolute Gasteiger partial charge is 0.242 e. The molecule has 1 atom stereocenters. The Labute approximate surface area is 169 Å². The van der Waals surface area contributed by atoms with Crippen LogP contribution in [0, 0.1) is 5.92 Å². The number of likely N-dealkylation sites (tertiary alicyclic amines) is 1. The lowest BCUT2D eigenvalue weighted by atomic mass is 10.2. The molecule has 2 fully saturated rings. The van der Waals surface area contributed by atoms with E-state index in [9.17, 15) is 13.2 Å². The average molecular weight is 456 g/mol. The molecule has 1 aromatic rings. The number of fused-ring (bicyclic) bond motifs is 1. The molecule has 27 heavy (non-hydrogen) atoms. The van der Waals surface area contributed by atoms with E-state index in [4.69, 9.17) is 0 Å². The van der Waals surface area contributed by atoms with Gasteiger partial charge in [-0.2, -0.15) is 0 Å². The van der Waals surface area contributed by atoms with Crippen LogP contribution in [0.4, 0.5) is 5.69 Å². The van der Waals surface area contributed by atoms with Crippen LogP contribution in [0.15, 0.2) is 21.5 Å². The third-order valence-electron chi connectivity index (χ3n) is 5.89. The van der Waals surface area contributed by atoms with Crippen LogP contribution in [0.2, 0.25) is 0 Å². The number of anilines is 1. The van der Waals surface area contributed by atoms with Crippen molar-refractivity contribution in [3.63, 3.8) is 0 Å². The summed E-state index contributed by atoms with van der Waals surface area (Å²) in [4.78, 5) is 16.9. The van der Waals surface area contributed by atoms with Crippen molar-refractivity contribution >= 4 is 37.5 Å². The molecule has 1 unspecified atom stereocenters. The van der Waals surface area contributed by atoms with E-state index in [1.54, 1.807) is 11.0 Å². The quantitative estimate of drug-likeness (QED) is 0.715. The van der Waals surface area contributed by atoms with Crippen LogP contribution in [0.1, 0.15) is 38.2 Å². The summed E-state index contributed by atoms with van der Waals surface area (Å²) in [7, 11) is -3.70. The Kier molecular flexibility index (Phi) is 5.35. The third-order valence-corrected chi connectivity index (χ3v) is 7.78. The molecule has 1 saturated carbocycles. The predicted octanol–water partition coefficient (Wildman–Crippen LogP) is 2.51. The second kappa shape index (κ2) is 7.46. The first-order valence-corrected chi connectivity index (χ1v) is 12.1. The SMILES string of the molecule is CCN1CCCC1CNS(=O)(=O)c1cc(Br)cc2c1N(C(=O)C1CC1)CC2. The maximum Gasteiger partial charge on any atom is 0.242 e. The van der Waals surface area contributed by atoms with Gasteiger partial charge in [-0.3, -0.25) is 9.69 Å². The summed E-state index contributed by atoms with van der Waals surface area (Å²) in [6.45, 7) is 5.04. The molecule has 8 heteroatoms. The first-order chi connectivity index (χ1) is 12.9. The highest BCUT2D eigenvalue weighted by Crippen LogP contribution is 2.41. The van der Waals surface area contributed by atoms with Crippen LogP contribution in [0.25, 0.3) is 0 Å². The van der Waals surface area contributed by atoms with Crippen molar-refractivity contribution in [2.45, 2.75) is 50.0 Å². The van der Waals surface area contributed by atoms with Gasteiger partial charge in [0, 0.05) is 29.5 Å². The van der Waals surface area contributed by atoms with Crippen molar-refractivity contribution in [1.82, 2.24) is 9.62 Å². The highest BCUT2D eigenvalue weighted by atomic mass is 79.9. The van der Waals surface area contributed by atoms with Crippen molar-refractivity contribution in [3.8, 4) is 0 Å². The Bertz CT molecular complexity index is 854. The summed E-state index contributed by atoms with van der Waals surface area (Å²) in [6, 6.07) is 3.81. The van der Waals surface area contributed by atoms with E-state index in [-0.39, 0.29) is 22.8 Å². The zero-order chi connectivity index (χ0) is 19.2. The standard InChI is InChI=1S/C19H26BrN3O3S/c1-2-22-8-3-4-16(22)12-21-27(25,26)17-11-15(20)10-14-7-9-23(18(14)17)19(24)13-5-6-13/h10-11,13,16,21H,2-9,12H2,1H3. The number of nitrogens with one attached hydrogen (secondary N) is 1. The zero-order valence-corrected chi connectivity index (χ0v) is 18.0. The fraction of sp³-hybridized carbons (Fsp3) is 0.632. The van der Waals surface area contributed by atoms with Gasteiger partial charge in [0.1, 0.15) is 4.90 Å². The number of nitrogens with zero attached hydrogens (tertiary/aromatic N) is 2. The number of rotatable bonds is 6. The van der Waals surface area contributed by atoms with Crippen LogP contribution in [-0.4, -0.2) is 51.4 Å². The first-order valence-electron chi connectivity index (χ1n) is 9.78. The minimum atomic E-state index is -3.70. The van der Waals surface area contributed by atoms with Gasteiger partial charge in [0.25, 0.3) is 0 Å². The monoisotopic (exact) mass is 455 g/mol. The Morgan fingerprint density at radius 1 is 1.26 bits per heavy atom. The normalized spacial score (nSPS) is 23.0. The van der Waals surface area contributed by atoms with Crippen molar-refractivity contribution in [2.75, 3.05) is 31.1 Å². The lowest BCUT2D eigenvalue weighted by Crippen LogP contribution is -2.40. The number of sulfonamides is 1. The van der Waals surface area contributed by atoms with E-state index in [2.05, 4.69) is 32.5 Å². The molecule has 1 aliphatic carbocycles. The fourth-order valence-corrected chi connectivity index (χ4v) is 6.27. The molecule has 0 radical (unpaired) electrons. The summed E-state index contributed by atoms with van der Waals surface area (Å²) in [5.74, 6) is 0.139. The van der Waals surface area contributed by atoms with Crippen LogP contribution in [0.5, 0.6) is 0 Å². The first kappa shape index (κ1) is 19.4. The fourth-order valence-electron chi connectivity index (χ4n) is 4.27. The van der Waals surface area contributed by atoms with Crippen LogP contribution in [-0.2, 0) is 21.2 Å². The number of amides is 1. The molecule has 0 aromatic heterocycles. The molecule has 1 amide bonds. The van der Waals surface area contributed by atoms with Gasteiger partial charge in [-0.25, -0.2) is 13.1 Å². The molecule has 4 rings (SSSR count). The number of carbonyl (C=O) groups excluding carboxylic acids is 1. The molecule has 6 nitrogen and oxygen atoms in total. The molecule has 2 heterocycles. The van der Waals surface area contributed by atoms with E-state index in [0.717, 1.165) is 48.8 Å². The predicted molar refractivity (Wildman–Crippen MR) is 108 cm³/mol. The van der Waals surface area contributed by atoms with Gasteiger partial charge in [-0.05, 0) is 62.9 Å². The molecule has 3 aliphatic rings. The lowest BCUT2D eigenvalue weighted by Gasteiger charge is -2.24. The summed E-state index contributed by atoms with van der Waals surface area (Å²) >= 11 is 3.44. The molecule has 0 spiro atoms. The molecule has 2 aliphatic heterocycles. The van der Waals surface area contributed by atoms with Gasteiger partial charge in [0.05, 0.1) is 5.69 Å². The van der Waals surface area contributed by atoms with E-state index < -0.39 is 10.0 Å². The van der Waals surface area contributed by atoms with Gasteiger partial charge in [0.2, 0.25) is 15.9 Å². The van der Waals surface area contributed by atoms with Crippen molar-refractivity contribution in [1.29, 1.82) is 0 Å². The zero-order valence-electron chi connectivity index (χ0n) is 15.6. The Morgan fingerprint density at radius 2 is 2.04 bits per heavy atom. The minimum absolute atomic E-state index is 0.0692. The molecular formula is C19H26BrN3O3S. The van der Waals surface area contributed by atoms with E-state index in [1.807, 2.05) is 6.07 Å². The van der Waals surface area contributed by atoms with Gasteiger partial charge >= 0.3 is 0 Å². The Morgan fingerprint density at radius 3 is 2.74 bits per heavy atom. The summed E-state index contributed by atoms with van der Waals surface area (Å²) in [5.41, 5.74) is 1.51. The number of benzene rings is 1. The number of hydrogen-bond donors (Lipinski definition) is 1. The summed E-state index contributed by atoms with van der Waals surface area (Å²) < 4.78 is 29.9. The van der Waals surface area contributed by atoms with Crippen LogP contribution >= 0.6 is 15.9 Å². The maximum absolute atomic E-state index is 13.2. The molecule has 1 aromatic carbocycles. The highest BCUT2D eigenvalue weighted by Gasteiger charge is 2.39. The summed E-state index contributed by atoms with van der Waals surface area (Å²) in [5, 5.41) is 0. The van der Waals surface area contributed by atoms with Crippen LogP contribution < -0.4 is 9.62 Å². The second-order valence-corrected chi connectivity index (χ2v) is 10.4. The topological polar surface area (TPSA) is 69.7 Å². The lowest BCUT2D eigenvalue weighted by molar-refractivity contribution is -0.119. The average Bonchev–Trinajstić information content (AvgIpc) is 3.24. The van der Waals surface area contributed by atoms with Crippen molar-refractivity contribution in [3.05, 3.63) is 22.2 Å². The molecular weight excluding hydrogens is 430 g/mol. The summed E-state index contributed by atoms with van der Waals surface area (Å²) in [6.07, 6.45) is 4.64. The molecule has 1 N–H and O–H groups in total. The Hall–Kier alpha value is -0.960. The second-order valence-electron chi connectivity index (χ2n) is 7.70. The van der Waals surface area contributed by atoms with E-state index >= 15 is 0 Å². The van der Waals surface area contributed by atoms with E-state index in [1.165, 1.54) is 0 Å². The van der Waals surface area contributed by atoms with Gasteiger partial charge < -0.3 is 4.90 Å². The largest absolute Gasteiger partial charge is 0.310 e. The number of hydrogen-bond acceptors (Lipinski definition) is 4. The number of carbonyl (C=O) groups is 1. The number of halogens is 1. The highest BCUT2D eigenvalue weighted by molar-refractivity contribution is 9.10.